The Balaban J connectivity index is 0.00000133. The van der Waals surface area contributed by atoms with E-state index in [0.717, 1.165) is 37.4 Å². The van der Waals surface area contributed by atoms with Gasteiger partial charge in [-0.25, -0.2) is 0 Å². The second kappa shape index (κ2) is 6.37. The van der Waals surface area contributed by atoms with Crippen molar-refractivity contribution in [1.29, 1.82) is 0 Å². The molecule has 102 valence electrons. The molecular formula is C13H15Cl2N3O. The van der Waals surface area contributed by atoms with Gasteiger partial charge in [0.2, 0.25) is 11.7 Å². The quantitative estimate of drug-likeness (QED) is 0.924. The third-order valence-corrected chi connectivity index (χ3v) is 3.57. The largest absolute Gasteiger partial charge is 0.339 e. The molecule has 6 heteroatoms. The van der Waals surface area contributed by atoms with Crippen molar-refractivity contribution in [2.45, 2.75) is 18.8 Å². The highest BCUT2D eigenvalue weighted by molar-refractivity contribution is 6.33. The van der Waals surface area contributed by atoms with Gasteiger partial charge >= 0.3 is 0 Å². The maximum Gasteiger partial charge on any atom is 0.230 e. The van der Waals surface area contributed by atoms with Crippen LogP contribution in [0.25, 0.3) is 11.4 Å². The van der Waals surface area contributed by atoms with Gasteiger partial charge in [-0.3, -0.25) is 0 Å². The molecule has 1 aromatic carbocycles. The third-order valence-electron chi connectivity index (χ3n) is 3.24. The zero-order chi connectivity index (χ0) is 12.4. The van der Waals surface area contributed by atoms with Gasteiger partial charge in [-0.15, -0.1) is 12.4 Å². The molecule has 1 N–H and O–H groups in total. The van der Waals surface area contributed by atoms with Gasteiger partial charge in [0.15, 0.2) is 0 Å². The minimum atomic E-state index is 0. The van der Waals surface area contributed by atoms with Crippen LogP contribution in [-0.4, -0.2) is 23.2 Å². The number of nitrogens with one attached hydrogen (secondary N) is 1. The molecule has 1 aliphatic rings. The van der Waals surface area contributed by atoms with Crippen molar-refractivity contribution in [3.63, 3.8) is 0 Å². The molecule has 0 spiro atoms. The van der Waals surface area contributed by atoms with E-state index in [1.807, 2.05) is 24.3 Å². The number of halogens is 2. The van der Waals surface area contributed by atoms with Crippen molar-refractivity contribution in [1.82, 2.24) is 15.5 Å². The minimum absolute atomic E-state index is 0. The maximum absolute atomic E-state index is 6.12. The maximum atomic E-state index is 6.12. The first-order chi connectivity index (χ1) is 8.84. The number of piperidine rings is 1. The fourth-order valence-electron chi connectivity index (χ4n) is 2.22. The number of hydrogen-bond donors (Lipinski definition) is 1. The highest BCUT2D eigenvalue weighted by Gasteiger charge is 2.22. The smallest absolute Gasteiger partial charge is 0.230 e. The average Bonchev–Trinajstić information content (AvgIpc) is 2.90. The van der Waals surface area contributed by atoms with E-state index >= 15 is 0 Å². The second-order valence-electron chi connectivity index (χ2n) is 4.46. The molecule has 2 heterocycles. The van der Waals surface area contributed by atoms with E-state index in [1.165, 1.54) is 0 Å². The SMILES string of the molecule is Cl.Clc1ccccc1-c1noc(C2CCNCC2)n1. The van der Waals surface area contributed by atoms with Crippen LogP contribution in [0.3, 0.4) is 0 Å². The Kier molecular flexibility index (Phi) is 4.80. The molecule has 1 fully saturated rings. The number of aromatic nitrogens is 2. The van der Waals surface area contributed by atoms with E-state index in [-0.39, 0.29) is 12.4 Å². The molecule has 0 atom stereocenters. The van der Waals surface area contributed by atoms with Gasteiger partial charge in [0.25, 0.3) is 0 Å². The van der Waals surface area contributed by atoms with Gasteiger partial charge in [0.05, 0.1) is 5.02 Å². The van der Waals surface area contributed by atoms with E-state index in [1.54, 1.807) is 0 Å². The standard InChI is InChI=1S/C13H14ClN3O.ClH/c14-11-4-2-1-3-10(11)12-16-13(18-17-12)9-5-7-15-8-6-9;/h1-4,9,15H,5-8H2;1H. The predicted octanol–water partition coefficient (Wildman–Crippen LogP) is 3.28. The van der Waals surface area contributed by atoms with Crippen molar-refractivity contribution in [3.05, 3.63) is 35.2 Å². The number of rotatable bonds is 2. The molecule has 2 aromatic rings. The van der Waals surface area contributed by atoms with Crippen molar-refractivity contribution >= 4 is 24.0 Å². The summed E-state index contributed by atoms with van der Waals surface area (Å²) in [5.74, 6) is 1.68. The third kappa shape index (κ3) is 3.08. The van der Waals surface area contributed by atoms with Gasteiger partial charge in [-0.05, 0) is 38.1 Å². The topological polar surface area (TPSA) is 51.0 Å². The summed E-state index contributed by atoms with van der Waals surface area (Å²) in [5.41, 5.74) is 0.822. The zero-order valence-corrected chi connectivity index (χ0v) is 11.9. The minimum Gasteiger partial charge on any atom is -0.339 e. The molecule has 0 amide bonds. The van der Waals surface area contributed by atoms with Gasteiger partial charge < -0.3 is 9.84 Å². The lowest BCUT2D eigenvalue weighted by atomic mass is 9.98. The average molecular weight is 300 g/mol. The Hall–Kier alpha value is -1.10. The molecule has 0 unspecified atom stereocenters. The Labute approximate surface area is 122 Å². The first kappa shape index (κ1) is 14.3. The zero-order valence-electron chi connectivity index (χ0n) is 10.3. The molecule has 0 saturated carbocycles. The first-order valence-corrected chi connectivity index (χ1v) is 6.51. The summed E-state index contributed by atoms with van der Waals surface area (Å²) in [5, 5.41) is 8.00. The summed E-state index contributed by atoms with van der Waals surface area (Å²) >= 11 is 6.12. The van der Waals surface area contributed by atoms with E-state index < -0.39 is 0 Å². The summed E-state index contributed by atoms with van der Waals surface area (Å²) in [4.78, 5) is 4.47. The summed E-state index contributed by atoms with van der Waals surface area (Å²) in [6.45, 7) is 2.02. The van der Waals surface area contributed by atoms with Crippen LogP contribution in [0, 0.1) is 0 Å². The molecule has 1 aromatic heterocycles. The van der Waals surface area contributed by atoms with Crippen LogP contribution in [0.4, 0.5) is 0 Å². The van der Waals surface area contributed by atoms with Crippen molar-refractivity contribution in [3.8, 4) is 11.4 Å². The van der Waals surface area contributed by atoms with Crippen LogP contribution < -0.4 is 5.32 Å². The fraction of sp³-hybridized carbons (Fsp3) is 0.385. The monoisotopic (exact) mass is 299 g/mol. The number of nitrogens with zero attached hydrogens (tertiary/aromatic N) is 2. The van der Waals surface area contributed by atoms with E-state index in [2.05, 4.69) is 15.5 Å². The summed E-state index contributed by atoms with van der Waals surface area (Å²) in [7, 11) is 0. The fourth-order valence-corrected chi connectivity index (χ4v) is 2.44. The Morgan fingerprint density at radius 2 is 1.95 bits per heavy atom. The highest BCUT2D eigenvalue weighted by Crippen LogP contribution is 2.28. The Bertz CT molecular complexity index is 538. The van der Waals surface area contributed by atoms with Crippen LogP contribution in [0.1, 0.15) is 24.7 Å². The van der Waals surface area contributed by atoms with Crippen LogP contribution in [0.5, 0.6) is 0 Å². The van der Waals surface area contributed by atoms with Gasteiger partial charge in [-0.1, -0.05) is 28.9 Å². The van der Waals surface area contributed by atoms with Crippen molar-refractivity contribution in [2.24, 2.45) is 0 Å². The molecule has 1 saturated heterocycles. The molecular weight excluding hydrogens is 285 g/mol. The summed E-state index contributed by atoms with van der Waals surface area (Å²) in [6.07, 6.45) is 2.09. The Morgan fingerprint density at radius 1 is 1.21 bits per heavy atom. The number of benzene rings is 1. The molecule has 0 radical (unpaired) electrons. The normalized spacial score (nSPS) is 16.1. The van der Waals surface area contributed by atoms with E-state index in [4.69, 9.17) is 16.1 Å². The molecule has 3 rings (SSSR count). The summed E-state index contributed by atoms with van der Waals surface area (Å²) < 4.78 is 5.37. The van der Waals surface area contributed by atoms with Crippen LogP contribution in [0.15, 0.2) is 28.8 Å². The van der Waals surface area contributed by atoms with Crippen LogP contribution in [-0.2, 0) is 0 Å². The van der Waals surface area contributed by atoms with Gasteiger partial charge in [-0.2, -0.15) is 4.98 Å². The van der Waals surface area contributed by atoms with Crippen molar-refractivity contribution < 1.29 is 4.52 Å². The molecule has 1 aliphatic heterocycles. The lowest BCUT2D eigenvalue weighted by Gasteiger charge is -2.18. The Morgan fingerprint density at radius 3 is 2.68 bits per heavy atom. The molecule has 4 nitrogen and oxygen atoms in total. The number of hydrogen-bond acceptors (Lipinski definition) is 4. The molecule has 0 bridgehead atoms. The molecule has 0 aliphatic carbocycles. The predicted molar refractivity (Wildman–Crippen MR) is 76.8 cm³/mol. The van der Waals surface area contributed by atoms with Crippen molar-refractivity contribution in [2.75, 3.05) is 13.1 Å². The van der Waals surface area contributed by atoms with Gasteiger partial charge in [0.1, 0.15) is 0 Å². The first-order valence-electron chi connectivity index (χ1n) is 6.14. The highest BCUT2D eigenvalue weighted by atomic mass is 35.5. The lowest BCUT2D eigenvalue weighted by Crippen LogP contribution is -2.26. The summed E-state index contributed by atoms with van der Waals surface area (Å²) in [6, 6.07) is 7.54. The van der Waals surface area contributed by atoms with E-state index in [0.29, 0.717) is 16.8 Å². The van der Waals surface area contributed by atoms with Crippen LogP contribution >= 0.6 is 24.0 Å². The van der Waals surface area contributed by atoms with Gasteiger partial charge in [0, 0.05) is 11.5 Å². The lowest BCUT2D eigenvalue weighted by molar-refractivity contribution is 0.320. The molecule has 19 heavy (non-hydrogen) atoms. The van der Waals surface area contributed by atoms with Crippen LogP contribution in [0.2, 0.25) is 5.02 Å². The second-order valence-corrected chi connectivity index (χ2v) is 4.87. The van der Waals surface area contributed by atoms with E-state index in [9.17, 15) is 0 Å².